The summed E-state index contributed by atoms with van der Waals surface area (Å²) in [6.45, 7) is 24.3. The van der Waals surface area contributed by atoms with Crippen LogP contribution >= 0.6 is 0 Å². The molecular weight excluding hydrogens is 344 g/mol. The van der Waals surface area contributed by atoms with E-state index in [2.05, 4.69) is 71.1 Å². The van der Waals surface area contributed by atoms with Gasteiger partial charge in [-0.15, -0.1) is 13.2 Å². The Bertz CT molecular complexity index is 477. The molecule has 0 aliphatic heterocycles. The van der Waals surface area contributed by atoms with Crippen LogP contribution in [-0.4, -0.2) is 25.2 Å². The summed E-state index contributed by atoms with van der Waals surface area (Å²) >= 11 is 0. The molecule has 2 aliphatic rings. The van der Waals surface area contributed by atoms with Crippen LogP contribution < -0.4 is 0 Å². The molecule has 0 amide bonds. The van der Waals surface area contributed by atoms with Gasteiger partial charge in [0.2, 0.25) is 0 Å². The molecule has 0 aromatic heterocycles. The Morgan fingerprint density at radius 2 is 1.46 bits per heavy atom. The maximum atomic E-state index is 6.77. The number of hydrogen-bond acceptors (Lipinski definition) is 2. The highest BCUT2D eigenvalue weighted by Gasteiger charge is 2.56. The van der Waals surface area contributed by atoms with Gasteiger partial charge in [-0.1, -0.05) is 25.2 Å². The highest BCUT2D eigenvalue weighted by atomic mass is 28.5. The van der Waals surface area contributed by atoms with E-state index in [1.165, 1.54) is 19.3 Å². The zero-order chi connectivity index (χ0) is 18.4. The van der Waals surface area contributed by atoms with E-state index < -0.39 is 25.2 Å². The summed E-state index contributed by atoms with van der Waals surface area (Å²) in [5.41, 5.74) is 4.61. The molecule has 2 rings (SSSR count). The SMILES string of the molecule is C=C[Si](C)(C)O[Si](C)(CC1CC2CCC1C2(C)C)O[Si](C)(C)C=C. The summed E-state index contributed by atoms with van der Waals surface area (Å²) in [5, 5.41) is 0. The Hall–Kier alpha value is 0.0506. The minimum atomic E-state index is -2.25. The van der Waals surface area contributed by atoms with E-state index in [4.69, 9.17) is 8.23 Å². The van der Waals surface area contributed by atoms with Gasteiger partial charge >= 0.3 is 8.56 Å². The first-order valence-electron chi connectivity index (χ1n) is 9.52. The van der Waals surface area contributed by atoms with Crippen molar-refractivity contribution in [2.24, 2.45) is 23.2 Å². The van der Waals surface area contributed by atoms with Crippen molar-refractivity contribution in [3.63, 3.8) is 0 Å². The first kappa shape index (κ1) is 20.4. The largest absolute Gasteiger partial charge is 0.433 e. The van der Waals surface area contributed by atoms with Crippen molar-refractivity contribution in [1.82, 2.24) is 0 Å². The Labute approximate surface area is 153 Å². The molecule has 24 heavy (non-hydrogen) atoms. The Balaban J connectivity index is 2.20. The molecular formula is C19H38O2Si3. The normalized spacial score (nSPS) is 29.7. The Morgan fingerprint density at radius 1 is 0.958 bits per heavy atom. The molecule has 2 fully saturated rings. The molecule has 0 heterocycles. The van der Waals surface area contributed by atoms with E-state index in [1.54, 1.807) is 0 Å². The smallest absolute Gasteiger partial charge is 0.315 e. The third-order valence-electron chi connectivity index (χ3n) is 6.56. The van der Waals surface area contributed by atoms with Gasteiger partial charge in [0.05, 0.1) is 0 Å². The van der Waals surface area contributed by atoms with Crippen LogP contribution in [0.25, 0.3) is 0 Å². The highest BCUT2D eigenvalue weighted by molar-refractivity contribution is 6.91. The molecule has 3 unspecified atom stereocenters. The van der Waals surface area contributed by atoms with Crippen molar-refractivity contribution >= 4 is 25.2 Å². The van der Waals surface area contributed by atoms with E-state index in [-0.39, 0.29) is 0 Å². The molecule has 138 valence electrons. The maximum Gasteiger partial charge on any atom is 0.315 e. The van der Waals surface area contributed by atoms with E-state index in [0.717, 1.165) is 23.8 Å². The molecule has 2 aliphatic carbocycles. The minimum Gasteiger partial charge on any atom is -0.433 e. The molecule has 0 radical (unpaired) electrons. The summed E-state index contributed by atoms with van der Waals surface area (Å²) < 4.78 is 13.5. The second-order valence-corrected chi connectivity index (χ2v) is 21.4. The lowest BCUT2D eigenvalue weighted by molar-refractivity contribution is 0.235. The highest BCUT2D eigenvalue weighted by Crippen LogP contribution is 2.62. The first-order valence-corrected chi connectivity index (χ1v) is 18.0. The predicted molar refractivity (Wildman–Crippen MR) is 112 cm³/mol. The average molecular weight is 383 g/mol. The van der Waals surface area contributed by atoms with Crippen LogP contribution in [-0.2, 0) is 8.23 Å². The molecule has 0 aromatic rings. The van der Waals surface area contributed by atoms with Crippen molar-refractivity contribution in [2.45, 2.75) is 71.9 Å². The molecule has 0 N–H and O–H groups in total. The fourth-order valence-corrected chi connectivity index (χ4v) is 17.4. The molecule has 5 heteroatoms. The average Bonchev–Trinajstić information content (AvgIpc) is 2.84. The van der Waals surface area contributed by atoms with Gasteiger partial charge in [-0.05, 0) is 81.2 Å². The predicted octanol–water partition coefficient (Wildman–Crippen LogP) is 6.02. The van der Waals surface area contributed by atoms with E-state index in [1.807, 2.05) is 0 Å². The van der Waals surface area contributed by atoms with Gasteiger partial charge in [0.1, 0.15) is 0 Å². The number of rotatable bonds is 8. The minimum absolute atomic E-state index is 0.511. The van der Waals surface area contributed by atoms with E-state index in [0.29, 0.717) is 5.41 Å². The standard InChI is InChI=1S/C19H38O2Si3/c1-10-22(5,6)20-24(9,21-23(7,8)11-2)15-16-14-17-12-13-18(16)19(17,3)4/h10-11,16-18H,1-2,12-15H2,3-9H3. The van der Waals surface area contributed by atoms with Crippen LogP contribution in [0.3, 0.4) is 0 Å². The van der Waals surface area contributed by atoms with Crippen molar-refractivity contribution in [3.05, 3.63) is 24.6 Å². The van der Waals surface area contributed by atoms with E-state index >= 15 is 0 Å². The monoisotopic (exact) mass is 382 g/mol. The lowest BCUT2D eigenvalue weighted by atomic mass is 9.80. The number of hydrogen-bond donors (Lipinski definition) is 0. The number of fused-ring (bicyclic) bond motifs is 2. The van der Waals surface area contributed by atoms with Gasteiger partial charge in [0.25, 0.3) is 0 Å². The van der Waals surface area contributed by atoms with Gasteiger partial charge in [0.15, 0.2) is 16.6 Å². The van der Waals surface area contributed by atoms with Gasteiger partial charge < -0.3 is 8.23 Å². The molecule has 2 bridgehead atoms. The van der Waals surface area contributed by atoms with Crippen LogP contribution in [0.1, 0.15) is 33.1 Å². The molecule has 2 saturated carbocycles. The van der Waals surface area contributed by atoms with Crippen molar-refractivity contribution in [1.29, 1.82) is 0 Å². The van der Waals surface area contributed by atoms with Crippen LogP contribution in [0.2, 0.25) is 38.8 Å². The van der Waals surface area contributed by atoms with Crippen LogP contribution in [0.15, 0.2) is 24.6 Å². The summed E-state index contributed by atoms with van der Waals surface area (Å²) in [6.07, 6.45) is 4.20. The quantitative estimate of drug-likeness (QED) is 0.477. The zero-order valence-corrected chi connectivity index (χ0v) is 19.9. The van der Waals surface area contributed by atoms with Crippen LogP contribution in [0.4, 0.5) is 0 Å². The van der Waals surface area contributed by atoms with Crippen molar-refractivity contribution < 1.29 is 8.23 Å². The lowest BCUT2D eigenvalue weighted by Gasteiger charge is -2.41. The van der Waals surface area contributed by atoms with Gasteiger partial charge in [0, 0.05) is 0 Å². The second kappa shape index (κ2) is 6.65. The molecule has 0 aromatic carbocycles. The van der Waals surface area contributed by atoms with Crippen LogP contribution in [0, 0.1) is 23.2 Å². The van der Waals surface area contributed by atoms with Gasteiger partial charge in [-0.3, -0.25) is 0 Å². The summed E-state index contributed by atoms with van der Waals surface area (Å²) in [7, 11) is -5.98. The third kappa shape index (κ3) is 4.23. The van der Waals surface area contributed by atoms with Crippen molar-refractivity contribution in [3.8, 4) is 0 Å². The lowest BCUT2D eigenvalue weighted by Crippen LogP contribution is -2.54. The molecule has 0 spiro atoms. The summed E-state index contributed by atoms with van der Waals surface area (Å²) in [5.74, 6) is 2.53. The fraction of sp³-hybridized carbons (Fsp3) is 0.789. The molecule has 0 saturated heterocycles. The first-order chi connectivity index (χ1) is 10.8. The summed E-state index contributed by atoms with van der Waals surface area (Å²) in [4.78, 5) is 0. The Morgan fingerprint density at radius 3 is 1.79 bits per heavy atom. The second-order valence-electron chi connectivity index (χ2n) is 9.86. The van der Waals surface area contributed by atoms with Gasteiger partial charge in [-0.2, -0.15) is 0 Å². The summed E-state index contributed by atoms with van der Waals surface area (Å²) in [6, 6.07) is 1.14. The van der Waals surface area contributed by atoms with Crippen molar-refractivity contribution in [2.75, 3.05) is 0 Å². The fourth-order valence-electron chi connectivity index (χ4n) is 5.22. The zero-order valence-electron chi connectivity index (χ0n) is 16.9. The molecule has 3 atom stereocenters. The van der Waals surface area contributed by atoms with E-state index in [9.17, 15) is 0 Å². The Kier molecular flexibility index (Phi) is 5.64. The molecule has 2 nitrogen and oxygen atoms in total. The van der Waals surface area contributed by atoms with Gasteiger partial charge in [-0.25, -0.2) is 0 Å². The topological polar surface area (TPSA) is 18.5 Å². The maximum absolute atomic E-state index is 6.77. The third-order valence-corrected chi connectivity index (χ3v) is 17.5. The van der Waals surface area contributed by atoms with Crippen LogP contribution in [0.5, 0.6) is 0 Å².